The van der Waals surface area contributed by atoms with Gasteiger partial charge in [0.05, 0.1) is 5.69 Å². The fourth-order valence-corrected chi connectivity index (χ4v) is 6.09. The number of rotatable bonds is 6. The molecule has 0 saturated carbocycles. The van der Waals surface area contributed by atoms with Crippen LogP contribution in [0.4, 0.5) is 17.1 Å². The molecule has 3 aromatic carbocycles. The highest BCUT2D eigenvalue weighted by Crippen LogP contribution is 2.41. The molecule has 37 heavy (non-hydrogen) atoms. The summed E-state index contributed by atoms with van der Waals surface area (Å²) in [7, 11) is 0. The molecule has 2 fully saturated rings. The van der Waals surface area contributed by atoms with E-state index in [1.807, 2.05) is 6.07 Å². The second kappa shape index (κ2) is 12.6. The highest BCUT2D eigenvalue weighted by molar-refractivity contribution is 6.30. The molecule has 198 valence electrons. The van der Waals surface area contributed by atoms with Crippen molar-refractivity contribution in [1.29, 1.82) is 0 Å². The molecule has 0 amide bonds. The molecule has 4 nitrogen and oxygen atoms in total. The van der Waals surface area contributed by atoms with Gasteiger partial charge in [-0.3, -0.25) is 4.90 Å². The molecule has 0 aliphatic carbocycles. The molecule has 7 heteroatoms. The summed E-state index contributed by atoms with van der Waals surface area (Å²) in [6, 6.07) is 24.4. The highest BCUT2D eigenvalue weighted by atomic mass is 35.5. The molecule has 0 aromatic heterocycles. The van der Waals surface area contributed by atoms with Crippen molar-refractivity contribution in [3.05, 3.63) is 82.9 Å². The van der Waals surface area contributed by atoms with Gasteiger partial charge in [-0.1, -0.05) is 41.9 Å². The summed E-state index contributed by atoms with van der Waals surface area (Å²) in [5, 5.41) is 0.772. The second-order valence-corrected chi connectivity index (χ2v) is 10.5. The van der Waals surface area contributed by atoms with Crippen LogP contribution in [0.15, 0.2) is 66.7 Å². The average molecular weight is 561 g/mol. The van der Waals surface area contributed by atoms with Crippen molar-refractivity contribution in [1.82, 2.24) is 4.90 Å². The van der Waals surface area contributed by atoms with Gasteiger partial charge in [0.2, 0.25) is 0 Å². The zero-order valence-corrected chi connectivity index (χ0v) is 23.5. The Balaban J connectivity index is 0.00000160. The fraction of sp³-hybridized carbons (Fsp3) is 0.400. The number of nitrogens with zero attached hydrogens (tertiary/aromatic N) is 3. The zero-order chi connectivity index (χ0) is 23.6. The number of benzene rings is 3. The Bertz CT molecular complexity index is 1170. The van der Waals surface area contributed by atoms with Crippen LogP contribution < -0.4 is 14.5 Å². The number of para-hydroxylation sites is 2. The van der Waals surface area contributed by atoms with Gasteiger partial charge in [0.15, 0.2) is 0 Å². The van der Waals surface area contributed by atoms with Gasteiger partial charge in [0.25, 0.3) is 0 Å². The zero-order valence-electron chi connectivity index (χ0n) is 21.2. The van der Waals surface area contributed by atoms with E-state index in [4.69, 9.17) is 16.3 Å². The predicted octanol–water partition coefficient (Wildman–Crippen LogP) is 7.52. The van der Waals surface area contributed by atoms with Gasteiger partial charge < -0.3 is 14.5 Å². The quantitative estimate of drug-likeness (QED) is 0.310. The Kier molecular flexibility index (Phi) is 9.52. The maximum atomic E-state index is 6.46. The van der Waals surface area contributed by atoms with Crippen molar-refractivity contribution in [2.75, 3.05) is 42.5 Å². The summed E-state index contributed by atoms with van der Waals surface area (Å²) >= 11 is 6.46. The minimum absolute atomic E-state index is 0. The van der Waals surface area contributed by atoms with Gasteiger partial charge >= 0.3 is 0 Å². The van der Waals surface area contributed by atoms with Crippen LogP contribution in [-0.4, -0.2) is 43.7 Å². The third-order valence-electron chi connectivity index (χ3n) is 7.87. The first kappa shape index (κ1) is 27.9. The molecule has 0 N–H and O–H groups in total. The van der Waals surface area contributed by atoms with Crippen molar-refractivity contribution in [3.8, 4) is 5.75 Å². The Labute approximate surface area is 238 Å². The lowest BCUT2D eigenvalue weighted by Gasteiger charge is -2.33. The van der Waals surface area contributed by atoms with Crippen LogP contribution in [0.5, 0.6) is 5.75 Å². The molecule has 0 bridgehead atoms. The first-order valence-corrected chi connectivity index (χ1v) is 13.5. The lowest BCUT2D eigenvalue weighted by molar-refractivity contribution is 0.261. The molecule has 1 atom stereocenters. The van der Waals surface area contributed by atoms with E-state index >= 15 is 0 Å². The van der Waals surface area contributed by atoms with Crippen molar-refractivity contribution in [3.63, 3.8) is 0 Å². The van der Waals surface area contributed by atoms with Gasteiger partial charge in [-0.05, 0) is 80.6 Å². The Morgan fingerprint density at radius 3 is 2.43 bits per heavy atom. The Hall–Kier alpha value is -2.11. The van der Waals surface area contributed by atoms with Gasteiger partial charge in [0.1, 0.15) is 12.4 Å². The number of hydrogen-bond donors (Lipinski definition) is 0. The minimum Gasteiger partial charge on any atom is -0.487 e. The summed E-state index contributed by atoms with van der Waals surface area (Å²) in [4.78, 5) is 7.64. The molecule has 0 radical (unpaired) electrons. The van der Waals surface area contributed by atoms with Crippen LogP contribution in [-0.2, 0) is 13.0 Å². The van der Waals surface area contributed by atoms with E-state index < -0.39 is 0 Å². The van der Waals surface area contributed by atoms with Crippen molar-refractivity contribution in [2.24, 2.45) is 0 Å². The van der Waals surface area contributed by atoms with E-state index in [1.54, 1.807) is 0 Å². The molecule has 2 saturated heterocycles. The molecule has 3 aromatic rings. The number of anilines is 3. The van der Waals surface area contributed by atoms with Gasteiger partial charge in [-0.2, -0.15) is 0 Å². The first-order chi connectivity index (χ1) is 17.2. The van der Waals surface area contributed by atoms with Crippen molar-refractivity contribution < 1.29 is 4.74 Å². The minimum atomic E-state index is 0. The topological polar surface area (TPSA) is 19.0 Å². The van der Waals surface area contributed by atoms with Crippen LogP contribution in [0.2, 0.25) is 5.02 Å². The lowest BCUT2D eigenvalue weighted by Crippen LogP contribution is -2.39. The van der Waals surface area contributed by atoms with Crippen LogP contribution in [0.25, 0.3) is 0 Å². The molecule has 3 heterocycles. The summed E-state index contributed by atoms with van der Waals surface area (Å²) in [5.74, 6) is 0.947. The third kappa shape index (κ3) is 6.15. The number of halogens is 3. The van der Waals surface area contributed by atoms with E-state index in [2.05, 4.69) is 75.4 Å². The second-order valence-electron chi connectivity index (χ2n) is 10.1. The fourth-order valence-electron chi connectivity index (χ4n) is 5.92. The SMILES string of the molecule is Cl.Cl.Clc1ccc2c(c1)N(CC1CCCN1CCc1ccc(N3CCCC3)cc1)c1ccccc1OC2. The van der Waals surface area contributed by atoms with Gasteiger partial charge in [0, 0.05) is 54.2 Å². The van der Waals surface area contributed by atoms with Crippen LogP contribution in [0, 0.1) is 0 Å². The van der Waals surface area contributed by atoms with E-state index in [0.717, 1.165) is 36.0 Å². The normalized spacial score (nSPS) is 18.8. The maximum Gasteiger partial charge on any atom is 0.143 e. The van der Waals surface area contributed by atoms with Crippen LogP contribution >= 0.6 is 36.4 Å². The Morgan fingerprint density at radius 2 is 1.62 bits per heavy atom. The highest BCUT2D eigenvalue weighted by Gasteiger charge is 2.30. The summed E-state index contributed by atoms with van der Waals surface area (Å²) < 4.78 is 6.19. The summed E-state index contributed by atoms with van der Waals surface area (Å²) in [6.45, 7) is 6.19. The predicted molar refractivity (Wildman–Crippen MR) is 160 cm³/mol. The van der Waals surface area contributed by atoms with E-state index in [-0.39, 0.29) is 24.8 Å². The lowest BCUT2D eigenvalue weighted by atomic mass is 10.1. The van der Waals surface area contributed by atoms with Crippen molar-refractivity contribution in [2.45, 2.75) is 44.8 Å². The number of hydrogen-bond acceptors (Lipinski definition) is 4. The van der Waals surface area contributed by atoms with Gasteiger partial charge in [-0.25, -0.2) is 0 Å². The summed E-state index contributed by atoms with van der Waals surface area (Å²) in [6.07, 6.45) is 6.22. The molecule has 0 spiro atoms. The number of ether oxygens (including phenoxy) is 1. The van der Waals surface area contributed by atoms with Crippen LogP contribution in [0.3, 0.4) is 0 Å². The van der Waals surface area contributed by atoms with Gasteiger partial charge in [-0.15, -0.1) is 24.8 Å². The monoisotopic (exact) mass is 559 g/mol. The smallest absolute Gasteiger partial charge is 0.143 e. The summed E-state index contributed by atoms with van der Waals surface area (Å²) in [5.41, 5.74) is 6.31. The first-order valence-electron chi connectivity index (χ1n) is 13.1. The van der Waals surface area contributed by atoms with E-state index in [9.17, 15) is 0 Å². The van der Waals surface area contributed by atoms with Crippen LogP contribution in [0.1, 0.15) is 36.8 Å². The molecule has 6 rings (SSSR count). The third-order valence-corrected chi connectivity index (χ3v) is 8.10. The van der Waals surface area contributed by atoms with Crippen molar-refractivity contribution >= 4 is 53.5 Å². The largest absolute Gasteiger partial charge is 0.487 e. The number of fused-ring (bicyclic) bond motifs is 2. The molecular formula is C30H36Cl3N3O. The molecule has 1 unspecified atom stereocenters. The van der Waals surface area contributed by atoms with E-state index in [1.165, 1.54) is 67.8 Å². The molecule has 3 aliphatic rings. The molecule has 3 aliphatic heterocycles. The maximum absolute atomic E-state index is 6.46. The van der Waals surface area contributed by atoms with E-state index in [0.29, 0.717) is 12.6 Å². The number of likely N-dealkylation sites (tertiary alicyclic amines) is 1. The molecular weight excluding hydrogens is 525 g/mol. The standard InChI is InChI=1S/C30H34ClN3O.2ClH/c31-25-12-11-24-22-35-30-8-2-1-7-28(30)34(29(24)20-25)21-27-6-5-18-33(27)19-15-23-9-13-26(14-10-23)32-16-3-4-17-32;;/h1-2,7-14,20,27H,3-6,15-19,21-22H2;2*1H. The Morgan fingerprint density at radius 1 is 0.838 bits per heavy atom. The average Bonchev–Trinajstić information content (AvgIpc) is 3.56.